The summed E-state index contributed by atoms with van der Waals surface area (Å²) < 4.78 is 77.3. The summed E-state index contributed by atoms with van der Waals surface area (Å²) in [6, 6.07) is 0.343. The molecule has 1 amide bonds. The number of rotatable bonds is 14. The van der Waals surface area contributed by atoms with Crippen LogP contribution in [-0.4, -0.2) is 74.6 Å². The fraction of sp³-hybridized carbons (Fsp3) is 0.971. The van der Waals surface area contributed by atoms with E-state index in [9.17, 15) is 30.7 Å². The predicted octanol–water partition coefficient (Wildman–Crippen LogP) is 5.67. The van der Waals surface area contributed by atoms with Crippen molar-refractivity contribution in [3.05, 3.63) is 0 Å². The topological polar surface area (TPSA) is 160 Å². The van der Waals surface area contributed by atoms with Crippen LogP contribution < -0.4 is 5.32 Å². The van der Waals surface area contributed by atoms with Gasteiger partial charge in [-0.2, -0.15) is 16.8 Å². The summed E-state index contributed by atoms with van der Waals surface area (Å²) in [7, 11) is -9.16. The Morgan fingerprint density at radius 2 is 1.64 bits per heavy atom. The quantitative estimate of drug-likeness (QED) is 0.152. The maximum absolute atomic E-state index is 12.3. The molecule has 11 nitrogen and oxygen atoms in total. The van der Waals surface area contributed by atoms with E-state index in [1.165, 1.54) is 0 Å². The van der Waals surface area contributed by atoms with Crippen LogP contribution in [0.2, 0.25) is 0 Å². The number of nitrogens with one attached hydrogen (secondary N) is 1. The van der Waals surface area contributed by atoms with Crippen molar-refractivity contribution in [2.45, 2.75) is 136 Å². The van der Waals surface area contributed by atoms with Gasteiger partial charge in [-0.3, -0.25) is 13.9 Å². The van der Waals surface area contributed by atoms with Gasteiger partial charge in [0, 0.05) is 25.6 Å². The zero-order valence-electron chi connectivity index (χ0n) is 29.1. The second-order valence-corrected chi connectivity index (χ2v) is 18.7. The summed E-state index contributed by atoms with van der Waals surface area (Å²) >= 11 is 0. The van der Waals surface area contributed by atoms with Crippen LogP contribution in [0.4, 0.5) is 0 Å². The Labute approximate surface area is 283 Å². The van der Waals surface area contributed by atoms with Crippen molar-refractivity contribution in [2.75, 3.05) is 19.6 Å². The van der Waals surface area contributed by atoms with Crippen LogP contribution in [0.15, 0.2) is 0 Å². The average Bonchev–Trinajstić information content (AvgIpc) is 3.54. The zero-order chi connectivity index (χ0) is 34.4. The molecule has 11 atom stereocenters. The predicted molar refractivity (Wildman–Crippen MR) is 179 cm³/mol. The van der Waals surface area contributed by atoms with Gasteiger partial charge in [-0.1, -0.05) is 34.6 Å². The summed E-state index contributed by atoms with van der Waals surface area (Å²) in [5.41, 5.74) is 0.0594. The molecule has 5 fully saturated rings. The SMILES string of the molecule is CC(C)C(CCC(C)C1CCC2C3C(OS(=O)(=O)O)CC4CC(NCCCN5CCCC5=O)CCC4(C)C3CCC12C)OS(=O)(=O)O. The molecule has 1 heterocycles. The van der Waals surface area contributed by atoms with E-state index < -0.39 is 33.0 Å². The molecule has 1 aliphatic heterocycles. The van der Waals surface area contributed by atoms with Gasteiger partial charge in [-0.05, 0) is 136 Å². The molecular weight excluding hydrogens is 645 g/mol. The fourth-order valence-corrected chi connectivity index (χ4v) is 12.6. The van der Waals surface area contributed by atoms with Crippen molar-refractivity contribution in [2.24, 2.45) is 52.3 Å². The van der Waals surface area contributed by atoms with Gasteiger partial charge in [0.2, 0.25) is 5.91 Å². The lowest BCUT2D eigenvalue weighted by molar-refractivity contribution is -0.160. The van der Waals surface area contributed by atoms with Gasteiger partial charge in [-0.25, -0.2) is 8.37 Å². The van der Waals surface area contributed by atoms with Crippen LogP contribution in [0.3, 0.4) is 0 Å². The Morgan fingerprint density at radius 1 is 0.936 bits per heavy atom. The molecule has 11 unspecified atom stereocenters. The van der Waals surface area contributed by atoms with E-state index in [0.29, 0.717) is 43.1 Å². The van der Waals surface area contributed by atoms with Crippen molar-refractivity contribution >= 4 is 26.7 Å². The highest BCUT2D eigenvalue weighted by Crippen LogP contribution is 2.69. The molecule has 1 saturated heterocycles. The lowest BCUT2D eigenvalue weighted by atomic mass is 9.43. The molecule has 0 spiro atoms. The summed E-state index contributed by atoms with van der Waals surface area (Å²) in [6.45, 7) is 13.3. The second kappa shape index (κ2) is 14.4. The van der Waals surface area contributed by atoms with Crippen LogP contribution in [-0.2, 0) is 34.0 Å². The van der Waals surface area contributed by atoms with Crippen LogP contribution >= 0.6 is 0 Å². The van der Waals surface area contributed by atoms with E-state index in [1.54, 1.807) is 0 Å². The van der Waals surface area contributed by atoms with Crippen LogP contribution in [0.1, 0.15) is 118 Å². The lowest BCUT2D eigenvalue weighted by Gasteiger charge is -2.63. The number of carbonyl (C=O) groups excluding carboxylic acids is 1. The third kappa shape index (κ3) is 8.39. The number of hydrogen-bond donors (Lipinski definition) is 3. The Bertz CT molecular complexity index is 1330. The molecule has 0 radical (unpaired) electrons. The first-order valence-electron chi connectivity index (χ1n) is 18.2. The van der Waals surface area contributed by atoms with E-state index in [2.05, 4.69) is 26.1 Å². The van der Waals surface area contributed by atoms with Gasteiger partial charge in [0.25, 0.3) is 0 Å². The maximum atomic E-state index is 12.3. The highest BCUT2D eigenvalue weighted by molar-refractivity contribution is 7.81. The number of likely N-dealkylation sites (tertiary alicyclic amines) is 1. The van der Waals surface area contributed by atoms with Gasteiger partial charge in [-0.15, -0.1) is 0 Å². The van der Waals surface area contributed by atoms with Crippen molar-refractivity contribution in [1.82, 2.24) is 10.2 Å². The minimum Gasteiger partial charge on any atom is -0.343 e. The van der Waals surface area contributed by atoms with Crippen molar-refractivity contribution in [3.8, 4) is 0 Å². The highest BCUT2D eigenvalue weighted by atomic mass is 32.3. The van der Waals surface area contributed by atoms with E-state index in [4.69, 9.17) is 8.37 Å². The largest absolute Gasteiger partial charge is 0.397 e. The number of hydrogen-bond acceptors (Lipinski definition) is 8. The molecule has 13 heteroatoms. The standard InChI is InChI=1S/C34H60N2O9S2/c1-22(2)29(44-46(38,39)40)12-9-23(3)26-10-11-27-32-28(14-16-34(26,27)5)33(4)15-13-25(20-24(33)21-30(32)45-47(41,42)43)35-17-7-19-36-18-6-8-31(36)37/h22-30,32,35H,6-21H2,1-5H3,(H,38,39,40)(H,41,42,43). The first-order chi connectivity index (χ1) is 21.9. The third-order valence-electron chi connectivity index (χ3n) is 13.8. The van der Waals surface area contributed by atoms with E-state index in [1.807, 2.05) is 18.7 Å². The van der Waals surface area contributed by atoms with Crippen molar-refractivity contribution in [3.63, 3.8) is 0 Å². The van der Waals surface area contributed by atoms with E-state index in [0.717, 1.165) is 83.8 Å². The summed E-state index contributed by atoms with van der Waals surface area (Å²) in [4.78, 5) is 13.9. The van der Waals surface area contributed by atoms with E-state index >= 15 is 0 Å². The van der Waals surface area contributed by atoms with Crippen LogP contribution in [0, 0.1) is 52.3 Å². The highest BCUT2D eigenvalue weighted by Gasteiger charge is 2.63. The number of nitrogens with zero attached hydrogens (tertiary/aromatic N) is 1. The van der Waals surface area contributed by atoms with Gasteiger partial charge in [0.05, 0.1) is 12.2 Å². The normalized spacial score (nSPS) is 39.0. The van der Waals surface area contributed by atoms with Gasteiger partial charge in [0.15, 0.2) is 0 Å². The zero-order valence-corrected chi connectivity index (χ0v) is 30.7. The third-order valence-corrected chi connectivity index (χ3v) is 14.7. The molecule has 47 heavy (non-hydrogen) atoms. The molecule has 272 valence electrons. The Morgan fingerprint density at radius 3 is 2.28 bits per heavy atom. The molecule has 5 aliphatic rings. The summed E-state index contributed by atoms with van der Waals surface area (Å²) in [5, 5.41) is 3.74. The molecule has 3 N–H and O–H groups in total. The van der Waals surface area contributed by atoms with Gasteiger partial charge >= 0.3 is 20.8 Å². The maximum Gasteiger partial charge on any atom is 0.397 e. The molecule has 4 saturated carbocycles. The Balaban J connectivity index is 1.26. The van der Waals surface area contributed by atoms with Gasteiger partial charge in [0.1, 0.15) is 0 Å². The minimum absolute atomic E-state index is 0.0165. The van der Waals surface area contributed by atoms with Crippen LogP contribution in [0.25, 0.3) is 0 Å². The summed E-state index contributed by atoms with van der Waals surface area (Å²) in [5.74, 6) is 1.81. The molecule has 5 rings (SSSR count). The molecule has 4 aliphatic carbocycles. The first-order valence-corrected chi connectivity index (χ1v) is 21.0. The van der Waals surface area contributed by atoms with Gasteiger partial charge < -0.3 is 10.2 Å². The molecule has 0 aromatic carbocycles. The van der Waals surface area contributed by atoms with Crippen molar-refractivity contribution < 1.29 is 39.1 Å². The fourth-order valence-electron chi connectivity index (χ4n) is 11.4. The minimum atomic E-state index is -4.63. The van der Waals surface area contributed by atoms with E-state index in [-0.39, 0.29) is 40.4 Å². The van der Waals surface area contributed by atoms with Crippen molar-refractivity contribution in [1.29, 1.82) is 0 Å². The molecule has 0 aromatic rings. The molecular formula is C34H60N2O9S2. The first kappa shape index (κ1) is 37.4. The van der Waals surface area contributed by atoms with Crippen LogP contribution in [0.5, 0.6) is 0 Å². The monoisotopic (exact) mass is 704 g/mol. The second-order valence-electron chi connectivity index (χ2n) is 16.6. The molecule has 0 aromatic heterocycles. The summed E-state index contributed by atoms with van der Waals surface area (Å²) in [6.07, 6.45) is 10.5. The number of amides is 1. The Hall–Kier alpha value is -0.830. The average molecular weight is 705 g/mol. The number of carbonyl (C=O) groups is 1. The molecule has 0 bridgehead atoms. The smallest absolute Gasteiger partial charge is 0.343 e. The Kier molecular flexibility index (Phi) is 11.5. The lowest BCUT2D eigenvalue weighted by Crippen LogP contribution is -2.60. The number of fused-ring (bicyclic) bond motifs is 5.